The summed E-state index contributed by atoms with van der Waals surface area (Å²) < 4.78 is 10.6. The van der Waals surface area contributed by atoms with E-state index in [0.29, 0.717) is 18.4 Å². The molecule has 0 aromatic carbocycles. The minimum Gasteiger partial charge on any atom is -0.459 e. The van der Waals surface area contributed by atoms with Gasteiger partial charge in [0.25, 0.3) is 0 Å². The number of esters is 1. The number of hydrogen-bond acceptors (Lipinski definition) is 5. The van der Waals surface area contributed by atoms with E-state index in [2.05, 4.69) is 6.58 Å². The van der Waals surface area contributed by atoms with E-state index < -0.39 is 23.8 Å². The van der Waals surface area contributed by atoms with Crippen molar-refractivity contribution in [2.45, 2.75) is 57.5 Å². The van der Waals surface area contributed by atoms with Gasteiger partial charge in [-0.1, -0.05) is 25.7 Å². The van der Waals surface area contributed by atoms with Crippen LogP contribution in [0.3, 0.4) is 0 Å². The van der Waals surface area contributed by atoms with Crippen molar-refractivity contribution in [3.63, 3.8) is 0 Å². The Morgan fingerprint density at radius 1 is 1.35 bits per heavy atom. The third-order valence-corrected chi connectivity index (χ3v) is 4.21. The topological polar surface area (TPSA) is 76.0 Å². The van der Waals surface area contributed by atoms with Gasteiger partial charge in [0.15, 0.2) is 0 Å². The van der Waals surface area contributed by atoms with E-state index in [0.717, 1.165) is 0 Å². The minimum atomic E-state index is -1.33. The summed E-state index contributed by atoms with van der Waals surface area (Å²) in [6.45, 7) is 9.23. The number of aliphatic hydroxyl groups is 2. The van der Waals surface area contributed by atoms with E-state index in [1.807, 2.05) is 13.8 Å². The SMILES string of the molecule is C=C1C(O)CCC(C)C(C)OC(=O)C=CC(C)(O)C=CC1OC. The Kier molecular flexibility index (Phi) is 7.19. The Balaban J connectivity index is 3.06. The molecule has 0 saturated carbocycles. The molecule has 0 saturated heterocycles. The number of ether oxygens (including phenoxy) is 2. The van der Waals surface area contributed by atoms with Gasteiger partial charge in [-0.3, -0.25) is 0 Å². The Bertz CT molecular complexity index is 478. The lowest BCUT2D eigenvalue weighted by molar-refractivity contribution is -0.144. The van der Waals surface area contributed by atoms with Crippen LogP contribution in [-0.2, 0) is 14.3 Å². The monoisotopic (exact) mass is 324 g/mol. The quantitative estimate of drug-likeness (QED) is 0.571. The molecule has 5 atom stereocenters. The molecule has 5 heteroatoms. The second-order valence-corrected chi connectivity index (χ2v) is 6.36. The minimum absolute atomic E-state index is 0.0924. The number of carbonyl (C=O) groups is 1. The van der Waals surface area contributed by atoms with Gasteiger partial charge < -0.3 is 19.7 Å². The Hall–Kier alpha value is -1.43. The lowest BCUT2D eigenvalue weighted by atomic mass is 9.93. The van der Waals surface area contributed by atoms with Crippen molar-refractivity contribution in [3.05, 3.63) is 36.5 Å². The van der Waals surface area contributed by atoms with Crippen LogP contribution in [0.4, 0.5) is 0 Å². The number of hydrogen-bond donors (Lipinski definition) is 2. The molecular weight excluding hydrogens is 296 g/mol. The second kappa shape index (κ2) is 8.43. The lowest BCUT2D eigenvalue weighted by Gasteiger charge is -2.25. The maximum Gasteiger partial charge on any atom is 0.330 e. The second-order valence-electron chi connectivity index (χ2n) is 6.36. The molecule has 0 aromatic heterocycles. The van der Waals surface area contributed by atoms with Gasteiger partial charge in [-0.15, -0.1) is 0 Å². The van der Waals surface area contributed by atoms with Gasteiger partial charge in [0, 0.05) is 13.2 Å². The van der Waals surface area contributed by atoms with Crippen molar-refractivity contribution in [2.75, 3.05) is 7.11 Å². The van der Waals surface area contributed by atoms with Crippen LogP contribution in [-0.4, -0.2) is 47.2 Å². The van der Waals surface area contributed by atoms with E-state index in [-0.39, 0.29) is 12.0 Å². The van der Waals surface area contributed by atoms with Gasteiger partial charge >= 0.3 is 5.97 Å². The molecular formula is C18H28O5. The largest absolute Gasteiger partial charge is 0.459 e. The molecule has 0 aliphatic carbocycles. The highest BCUT2D eigenvalue weighted by atomic mass is 16.5. The number of cyclic esters (lactones) is 1. The molecule has 2 N–H and O–H groups in total. The third kappa shape index (κ3) is 6.29. The average molecular weight is 324 g/mol. The summed E-state index contributed by atoms with van der Waals surface area (Å²) in [4.78, 5) is 11.8. The lowest BCUT2D eigenvalue weighted by Crippen LogP contribution is -2.27. The first-order valence-electron chi connectivity index (χ1n) is 7.87. The molecule has 5 unspecified atom stereocenters. The zero-order valence-electron chi connectivity index (χ0n) is 14.4. The summed E-state index contributed by atoms with van der Waals surface area (Å²) in [5.74, 6) is -0.405. The molecule has 0 fully saturated rings. The standard InChI is InChI=1S/C18H28O5/c1-12-6-7-15(19)13(2)16(22-5)8-10-18(4,21)11-9-17(20)23-14(12)3/h8-12,14-16,19,21H,2,6-7H2,1,3-5H3. The van der Waals surface area contributed by atoms with Crippen LogP contribution in [0, 0.1) is 5.92 Å². The molecule has 1 aliphatic rings. The summed E-state index contributed by atoms with van der Waals surface area (Å²) in [5.41, 5.74) is -0.794. The van der Waals surface area contributed by atoms with E-state index in [4.69, 9.17) is 9.47 Å². The molecule has 0 amide bonds. The summed E-state index contributed by atoms with van der Waals surface area (Å²) in [7, 11) is 1.52. The first kappa shape index (κ1) is 19.6. The highest BCUT2D eigenvalue weighted by Crippen LogP contribution is 2.22. The van der Waals surface area contributed by atoms with Crippen molar-refractivity contribution in [3.8, 4) is 0 Å². The van der Waals surface area contributed by atoms with Crippen molar-refractivity contribution in [1.82, 2.24) is 0 Å². The molecule has 0 aromatic rings. The van der Waals surface area contributed by atoms with Crippen LogP contribution < -0.4 is 0 Å². The Labute approximate surface area is 138 Å². The summed E-state index contributed by atoms with van der Waals surface area (Å²) in [5, 5.41) is 20.5. The van der Waals surface area contributed by atoms with E-state index in [9.17, 15) is 15.0 Å². The van der Waals surface area contributed by atoms with Gasteiger partial charge in [0.2, 0.25) is 0 Å². The highest BCUT2D eigenvalue weighted by molar-refractivity contribution is 5.82. The Morgan fingerprint density at radius 3 is 2.61 bits per heavy atom. The average Bonchev–Trinajstić information content (AvgIpc) is 2.49. The van der Waals surface area contributed by atoms with Crippen LogP contribution in [0.2, 0.25) is 0 Å². The maximum atomic E-state index is 11.8. The van der Waals surface area contributed by atoms with Crippen molar-refractivity contribution in [2.24, 2.45) is 5.92 Å². The van der Waals surface area contributed by atoms with E-state index >= 15 is 0 Å². The van der Waals surface area contributed by atoms with Gasteiger partial charge in [0.05, 0.1) is 17.8 Å². The summed E-state index contributed by atoms with van der Waals surface area (Å²) in [6, 6.07) is 0. The predicted octanol–water partition coefficient (Wildman–Crippen LogP) is 2.14. The van der Waals surface area contributed by atoms with Crippen molar-refractivity contribution >= 4 is 5.97 Å². The summed E-state index contributed by atoms with van der Waals surface area (Å²) >= 11 is 0. The zero-order valence-corrected chi connectivity index (χ0v) is 14.4. The smallest absolute Gasteiger partial charge is 0.330 e. The summed E-state index contributed by atoms with van der Waals surface area (Å²) in [6.07, 6.45) is 5.39. The number of methoxy groups -OCH3 is 1. The molecule has 5 nitrogen and oxygen atoms in total. The first-order valence-corrected chi connectivity index (χ1v) is 7.87. The molecule has 23 heavy (non-hydrogen) atoms. The number of aliphatic hydroxyl groups excluding tert-OH is 1. The number of rotatable bonds is 1. The van der Waals surface area contributed by atoms with Crippen LogP contribution >= 0.6 is 0 Å². The molecule has 1 heterocycles. The van der Waals surface area contributed by atoms with Crippen LogP contribution in [0.25, 0.3) is 0 Å². The number of carbonyl (C=O) groups excluding carboxylic acids is 1. The zero-order chi connectivity index (χ0) is 17.6. The normalized spacial score (nSPS) is 37.3. The molecule has 1 rings (SSSR count). The van der Waals surface area contributed by atoms with Gasteiger partial charge in [-0.05, 0) is 44.3 Å². The van der Waals surface area contributed by atoms with E-state index in [1.54, 1.807) is 6.08 Å². The van der Waals surface area contributed by atoms with Crippen LogP contribution in [0.5, 0.6) is 0 Å². The van der Waals surface area contributed by atoms with Crippen molar-refractivity contribution < 1.29 is 24.5 Å². The van der Waals surface area contributed by atoms with Gasteiger partial charge in [0.1, 0.15) is 6.10 Å². The molecule has 0 spiro atoms. The van der Waals surface area contributed by atoms with Crippen molar-refractivity contribution in [1.29, 1.82) is 0 Å². The van der Waals surface area contributed by atoms with Crippen LogP contribution in [0.1, 0.15) is 33.6 Å². The fourth-order valence-electron chi connectivity index (χ4n) is 2.30. The fourth-order valence-corrected chi connectivity index (χ4v) is 2.30. The Morgan fingerprint density at radius 2 is 2.00 bits per heavy atom. The van der Waals surface area contributed by atoms with Gasteiger partial charge in [-0.2, -0.15) is 0 Å². The molecule has 1 aliphatic heterocycles. The van der Waals surface area contributed by atoms with Gasteiger partial charge in [-0.25, -0.2) is 4.79 Å². The third-order valence-electron chi connectivity index (χ3n) is 4.21. The fraction of sp³-hybridized carbons (Fsp3) is 0.611. The maximum absolute atomic E-state index is 11.8. The predicted molar refractivity (Wildman–Crippen MR) is 88.8 cm³/mol. The van der Waals surface area contributed by atoms with Crippen LogP contribution in [0.15, 0.2) is 36.5 Å². The molecule has 0 bridgehead atoms. The molecule has 0 radical (unpaired) electrons. The molecule has 130 valence electrons. The van der Waals surface area contributed by atoms with E-state index in [1.165, 1.54) is 32.3 Å². The highest BCUT2D eigenvalue weighted by Gasteiger charge is 2.23. The first-order chi connectivity index (χ1) is 10.7.